The van der Waals surface area contributed by atoms with Crippen LogP contribution in [-0.4, -0.2) is 0 Å². The lowest BCUT2D eigenvalue weighted by Crippen LogP contribution is -2.01. The molecular weight excluding hydrogens is 170 g/mol. The predicted octanol–water partition coefficient (Wildman–Crippen LogP) is 3.29. The Kier molecular flexibility index (Phi) is 2.96. The Morgan fingerprint density at radius 2 is 1.14 bits per heavy atom. The van der Waals surface area contributed by atoms with Crippen LogP contribution in [0.15, 0.2) is 0 Å². The van der Waals surface area contributed by atoms with Crippen molar-refractivity contribution in [1.82, 2.24) is 0 Å². The third-order valence-electron chi connectivity index (χ3n) is 3.41. The molecule has 0 radical (unpaired) electrons. The second kappa shape index (κ2) is 3.84. The van der Waals surface area contributed by atoms with Gasteiger partial charge in [0.2, 0.25) is 0 Å². The van der Waals surface area contributed by atoms with E-state index >= 15 is 0 Å². The SMILES string of the molecule is Cc1c(C)c(C)c(CC#N)c(C)c1C. The molecule has 1 aromatic carbocycles. The summed E-state index contributed by atoms with van der Waals surface area (Å²) in [5.41, 5.74) is 7.81. The van der Waals surface area contributed by atoms with Crippen molar-refractivity contribution in [3.05, 3.63) is 33.4 Å². The van der Waals surface area contributed by atoms with Crippen molar-refractivity contribution in [2.45, 2.75) is 41.0 Å². The summed E-state index contributed by atoms with van der Waals surface area (Å²) in [6.07, 6.45) is 0.527. The van der Waals surface area contributed by atoms with Crippen LogP contribution in [0.3, 0.4) is 0 Å². The molecule has 0 N–H and O–H groups in total. The minimum atomic E-state index is 0.527. The van der Waals surface area contributed by atoms with Crippen LogP contribution in [0.5, 0.6) is 0 Å². The van der Waals surface area contributed by atoms with Crippen molar-refractivity contribution in [2.75, 3.05) is 0 Å². The number of benzene rings is 1. The fourth-order valence-electron chi connectivity index (χ4n) is 1.92. The van der Waals surface area contributed by atoms with Gasteiger partial charge in [-0.1, -0.05) is 0 Å². The van der Waals surface area contributed by atoms with E-state index in [1.165, 1.54) is 33.4 Å². The van der Waals surface area contributed by atoms with E-state index in [-0.39, 0.29) is 0 Å². The number of hydrogen-bond donors (Lipinski definition) is 0. The van der Waals surface area contributed by atoms with Crippen LogP contribution in [0.4, 0.5) is 0 Å². The average molecular weight is 187 g/mol. The molecular formula is C13H17N. The van der Waals surface area contributed by atoms with E-state index < -0.39 is 0 Å². The van der Waals surface area contributed by atoms with Crippen molar-refractivity contribution in [3.63, 3.8) is 0 Å². The highest BCUT2D eigenvalue weighted by Gasteiger charge is 2.11. The van der Waals surface area contributed by atoms with Gasteiger partial charge in [-0.3, -0.25) is 0 Å². The Hall–Kier alpha value is -1.29. The number of nitrogens with zero attached hydrogens (tertiary/aromatic N) is 1. The smallest absolute Gasteiger partial charge is 0.0669 e. The van der Waals surface area contributed by atoms with E-state index in [4.69, 9.17) is 5.26 Å². The normalized spacial score (nSPS) is 10.0. The van der Waals surface area contributed by atoms with Crippen LogP contribution >= 0.6 is 0 Å². The summed E-state index contributed by atoms with van der Waals surface area (Å²) in [7, 11) is 0. The first-order chi connectivity index (χ1) is 6.50. The van der Waals surface area contributed by atoms with Gasteiger partial charge in [-0.2, -0.15) is 5.26 Å². The van der Waals surface area contributed by atoms with Crippen LogP contribution in [0.2, 0.25) is 0 Å². The first-order valence-electron chi connectivity index (χ1n) is 4.93. The summed E-state index contributed by atoms with van der Waals surface area (Å²) in [6, 6.07) is 2.24. The van der Waals surface area contributed by atoms with Crippen molar-refractivity contribution in [2.24, 2.45) is 0 Å². The molecule has 1 nitrogen and oxygen atoms in total. The molecule has 0 aliphatic rings. The quantitative estimate of drug-likeness (QED) is 0.661. The van der Waals surface area contributed by atoms with Gasteiger partial charge in [0.25, 0.3) is 0 Å². The van der Waals surface area contributed by atoms with Gasteiger partial charge in [0.05, 0.1) is 12.5 Å². The van der Waals surface area contributed by atoms with Crippen molar-refractivity contribution >= 4 is 0 Å². The molecule has 0 fully saturated rings. The molecule has 0 saturated carbocycles. The highest BCUT2D eigenvalue weighted by atomic mass is 14.2. The highest BCUT2D eigenvalue weighted by Crippen LogP contribution is 2.25. The number of nitriles is 1. The largest absolute Gasteiger partial charge is 0.198 e. The molecule has 0 unspecified atom stereocenters. The summed E-state index contributed by atoms with van der Waals surface area (Å²) in [6.45, 7) is 10.7. The van der Waals surface area contributed by atoms with Crippen molar-refractivity contribution < 1.29 is 0 Å². The van der Waals surface area contributed by atoms with Crippen LogP contribution in [0.25, 0.3) is 0 Å². The van der Waals surface area contributed by atoms with E-state index in [1.54, 1.807) is 0 Å². The van der Waals surface area contributed by atoms with Crippen LogP contribution in [-0.2, 0) is 6.42 Å². The van der Waals surface area contributed by atoms with Gasteiger partial charge in [-0.15, -0.1) is 0 Å². The summed E-state index contributed by atoms with van der Waals surface area (Å²) < 4.78 is 0. The summed E-state index contributed by atoms with van der Waals surface area (Å²) in [4.78, 5) is 0. The van der Waals surface area contributed by atoms with E-state index in [0.29, 0.717) is 6.42 Å². The molecule has 74 valence electrons. The molecule has 0 heterocycles. The zero-order valence-electron chi connectivity index (χ0n) is 9.65. The molecule has 1 heteroatoms. The Bertz CT molecular complexity index is 379. The first kappa shape index (κ1) is 10.8. The monoisotopic (exact) mass is 187 g/mol. The maximum Gasteiger partial charge on any atom is 0.0669 e. The van der Waals surface area contributed by atoms with Crippen LogP contribution in [0.1, 0.15) is 33.4 Å². The van der Waals surface area contributed by atoms with E-state index in [0.717, 1.165) is 0 Å². The minimum absolute atomic E-state index is 0.527. The molecule has 1 rings (SSSR count). The van der Waals surface area contributed by atoms with Crippen LogP contribution < -0.4 is 0 Å². The minimum Gasteiger partial charge on any atom is -0.198 e. The molecule has 1 aromatic rings. The maximum absolute atomic E-state index is 8.77. The van der Waals surface area contributed by atoms with E-state index in [2.05, 4.69) is 40.7 Å². The standard InChI is InChI=1S/C13H17N/c1-8-9(2)11(4)13(6-7-14)12(5)10(8)3/h6H2,1-5H3. The van der Waals surface area contributed by atoms with Gasteiger partial charge < -0.3 is 0 Å². The molecule has 0 aliphatic heterocycles. The van der Waals surface area contributed by atoms with Crippen LogP contribution in [0, 0.1) is 45.9 Å². The molecule has 0 atom stereocenters. The van der Waals surface area contributed by atoms with Gasteiger partial charge >= 0.3 is 0 Å². The van der Waals surface area contributed by atoms with Crippen molar-refractivity contribution in [3.8, 4) is 6.07 Å². The third-order valence-corrected chi connectivity index (χ3v) is 3.41. The Labute approximate surface area is 86.4 Å². The Morgan fingerprint density at radius 3 is 1.50 bits per heavy atom. The predicted molar refractivity (Wildman–Crippen MR) is 59.4 cm³/mol. The van der Waals surface area contributed by atoms with Gasteiger partial charge in [-0.25, -0.2) is 0 Å². The maximum atomic E-state index is 8.77. The first-order valence-corrected chi connectivity index (χ1v) is 4.93. The van der Waals surface area contributed by atoms with Gasteiger partial charge in [0.1, 0.15) is 0 Å². The second-order valence-corrected chi connectivity index (χ2v) is 3.94. The molecule has 0 spiro atoms. The zero-order chi connectivity index (χ0) is 10.9. The van der Waals surface area contributed by atoms with Gasteiger partial charge in [0, 0.05) is 0 Å². The summed E-state index contributed by atoms with van der Waals surface area (Å²) in [5, 5.41) is 8.77. The highest BCUT2D eigenvalue weighted by molar-refractivity contribution is 5.50. The lowest BCUT2D eigenvalue weighted by molar-refractivity contribution is 1.09. The Morgan fingerprint density at radius 1 is 0.786 bits per heavy atom. The topological polar surface area (TPSA) is 23.8 Å². The fourth-order valence-corrected chi connectivity index (χ4v) is 1.92. The third kappa shape index (κ3) is 1.53. The molecule has 0 aromatic heterocycles. The Balaban J connectivity index is 3.53. The number of rotatable bonds is 1. The second-order valence-electron chi connectivity index (χ2n) is 3.94. The van der Waals surface area contributed by atoms with Gasteiger partial charge in [-0.05, 0) is 68.0 Å². The van der Waals surface area contributed by atoms with E-state index in [1.807, 2.05) is 0 Å². The van der Waals surface area contributed by atoms with E-state index in [9.17, 15) is 0 Å². The van der Waals surface area contributed by atoms with Gasteiger partial charge in [0.15, 0.2) is 0 Å². The zero-order valence-corrected chi connectivity index (χ0v) is 9.65. The summed E-state index contributed by atoms with van der Waals surface area (Å²) >= 11 is 0. The molecule has 14 heavy (non-hydrogen) atoms. The average Bonchev–Trinajstić information content (AvgIpc) is 2.19. The molecule has 0 bridgehead atoms. The summed E-state index contributed by atoms with van der Waals surface area (Å²) in [5.74, 6) is 0. The lowest BCUT2D eigenvalue weighted by atomic mass is 9.88. The lowest BCUT2D eigenvalue weighted by Gasteiger charge is -2.16. The number of hydrogen-bond acceptors (Lipinski definition) is 1. The molecule has 0 aliphatic carbocycles. The molecule has 0 amide bonds. The molecule has 0 saturated heterocycles. The fraction of sp³-hybridized carbons (Fsp3) is 0.462. The van der Waals surface area contributed by atoms with Crippen molar-refractivity contribution in [1.29, 1.82) is 5.26 Å².